The third kappa shape index (κ3) is 5.66. The molecule has 0 saturated heterocycles. The van der Waals surface area contributed by atoms with Crippen molar-refractivity contribution in [1.29, 1.82) is 5.41 Å². The lowest BCUT2D eigenvalue weighted by molar-refractivity contribution is -0.123. The Bertz CT molecular complexity index is 1130. The predicted molar refractivity (Wildman–Crippen MR) is 140 cm³/mol. The first kappa shape index (κ1) is 24.0. The van der Waals surface area contributed by atoms with Crippen LogP contribution in [0.15, 0.2) is 60.0 Å². The van der Waals surface area contributed by atoms with Crippen molar-refractivity contribution in [3.8, 4) is 5.75 Å². The van der Waals surface area contributed by atoms with Gasteiger partial charge in [0.2, 0.25) is 5.91 Å². The first-order valence-corrected chi connectivity index (χ1v) is 12.4. The Morgan fingerprint density at radius 3 is 2.68 bits per heavy atom. The monoisotopic (exact) mass is 476 g/mol. The number of nitrogens with zero attached hydrogens (tertiary/aromatic N) is 2. The molecule has 1 aliphatic heterocycles. The van der Waals surface area contributed by atoms with E-state index in [2.05, 4.69) is 30.4 Å². The number of nitrogens with one attached hydrogen (secondary N) is 2. The summed E-state index contributed by atoms with van der Waals surface area (Å²) in [5.41, 5.74) is 4.04. The normalized spacial score (nSPS) is 15.4. The van der Waals surface area contributed by atoms with Crippen LogP contribution in [0, 0.1) is 11.3 Å². The molecule has 34 heavy (non-hydrogen) atoms. The van der Waals surface area contributed by atoms with Crippen LogP contribution in [0.5, 0.6) is 5.75 Å². The molecule has 1 unspecified atom stereocenters. The van der Waals surface area contributed by atoms with Crippen molar-refractivity contribution in [3.63, 3.8) is 0 Å². The van der Waals surface area contributed by atoms with Crippen LogP contribution in [0.2, 0.25) is 0 Å². The summed E-state index contributed by atoms with van der Waals surface area (Å²) in [7, 11) is 5.78. The number of hydrogen-bond acceptors (Lipinski definition) is 5. The second-order valence-corrected chi connectivity index (χ2v) is 9.89. The molecule has 178 valence electrons. The van der Waals surface area contributed by atoms with Crippen LogP contribution in [0.25, 0.3) is 0 Å². The van der Waals surface area contributed by atoms with Crippen LogP contribution in [0.4, 0.5) is 11.4 Å². The van der Waals surface area contributed by atoms with Crippen LogP contribution in [-0.4, -0.2) is 44.4 Å². The number of methoxy groups -OCH3 is 1. The van der Waals surface area contributed by atoms with Crippen molar-refractivity contribution >= 4 is 34.5 Å². The van der Waals surface area contributed by atoms with E-state index in [-0.39, 0.29) is 11.8 Å². The number of hydrogen-bond donors (Lipinski definition) is 2. The summed E-state index contributed by atoms with van der Waals surface area (Å²) in [5.74, 6) is 1.34. The largest absolute Gasteiger partial charge is 0.497 e. The smallest absolute Gasteiger partial charge is 0.230 e. The van der Waals surface area contributed by atoms with Gasteiger partial charge in [-0.25, -0.2) is 0 Å². The summed E-state index contributed by atoms with van der Waals surface area (Å²) in [4.78, 5) is 18.5. The van der Waals surface area contributed by atoms with E-state index in [4.69, 9.17) is 10.1 Å². The maximum Gasteiger partial charge on any atom is 0.230 e. The topological polar surface area (TPSA) is 68.7 Å². The van der Waals surface area contributed by atoms with Gasteiger partial charge in [0.25, 0.3) is 0 Å². The number of thiophene rings is 1. The van der Waals surface area contributed by atoms with Gasteiger partial charge in [-0.1, -0.05) is 18.2 Å². The Kier molecular flexibility index (Phi) is 7.65. The van der Waals surface area contributed by atoms with Gasteiger partial charge in [-0.05, 0) is 92.8 Å². The molecule has 0 bridgehead atoms. The Morgan fingerprint density at radius 1 is 1.21 bits per heavy atom. The zero-order chi connectivity index (χ0) is 24.1. The molecule has 0 fully saturated rings. The van der Waals surface area contributed by atoms with Gasteiger partial charge in [0.05, 0.1) is 18.5 Å². The van der Waals surface area contributed by atoms with Crippen LogP contribution in [0.1, 0.15) is 28.8 Å². The molecule has 0 spiro atoms. The fourth-order valence-electron chi connectivity index (χ4n) is 4.36. The molecule has 2 N–H and O–H groups in total. The van der Waals surface area contributed by atoms with E-state index in [1.807, 2.05) is 58.8 Å². The van der Waals surface area contributed by atoms with E-state index < -0.39 is 0 Å². The molecule has 1 aliphatic rings. The highest BCUT2D eigenvalue weighted by atomic mass is 32.1. The van der Waals surface area contributed by atoms with E-state index in [1.54, 1.807) is 18.4 Å². The first-order chi connectivity index (χ1) is 16.4. The quantitative estimate of drug-likeness (QED) is 0.327. The number of benzene rings is 2. The summed E-state index contributed by atoms with van der Waals surface area (Å²) in [6, 6.07) is 17.9. The molecule has 2 aromatic carbocycles. The highest BCUT2D eigenvalue weighted by Gasteiger charge is 2.32. The third-order valence-corrected chi connectivity index (χ3v) is 7.03. The number of carbonyl (C=O) groups excluding carboxylic acids is 1. The minimum absolute atomic E-state index is 0.0438. The predicted octanol–water partition coefficient (Wildman–Crippen LogP) is 5.24. The van der Waals surface area contributed by atoms with E-state index >= 15 is 0 Å². The van der Waals surface area contributed by atoms with E-state index in [0.717, 1.165) is 58.9 Å². The van der Waals surface area contributed by atoms with Gasteiger partial charge < -0.3 is 19.9 Å². The second-order valence-electron chi connectivity index (χ2n) is 8.94. The van der Waals surface area contributed by atoms with Crippen molar-refractivity contribution in [3.05, 3.63) is 76.0 Å². The highest BCUT2D eigenvalue weighted by Crippen LogP contribution is 2.36. The molecule has 0 aliphatic carbocycles. The van der Waals surface area contributed by atoms with Crippen molar-refractivity contribution in [2.45, 2.75) is 25.8 Å². The minimum atomic E-state index is -0.0438. The average Bonchev–Trinajstić information content (AvgIpc) is 3.37. The van der Waals surface area contributed by atoms with Crippen molar-refractivity contribution in [1.82, 2.24) is 4.90 Å². The SMILES string of the molecule is COc1ccc(CN2C(=O)C(CCCN(C)C)Cc3cc(NC(=N)c4cccs4)ccc32)cc1. The fraction of sp³-hybridized carbons (Fsp3) is 0.333. The van der Waals surface area contributed by atoms with Gasteiger partial charge in [-0.15, -0.1) is 11.3 Å². The number of amidine groups is 1. The molecule has 1 atom stereocenters. The molecule has 2 heterocycles. The molecule has 4 rings (SSSR count). The molecular weight excluding hydrogens is 444 g/mol. The summed E-state index contributed by atoms with van der Waals surface area (Å²) in [6.45, 7) is 1.49. The Labute approximate surface area is 205 Å². The van der Waals surface area contributed by atoms with Gasteiger partial charge in [0.1, 0.15) is 11.6 Å². The fourth-order valence-corrected chi connectivity index (χ4v) is 4.99. The van der Waals surface area contributed by atoms with Crippen LogP contribution in [0.3, 0.4) is 0 Å². The van der Waals surface area contributed by atoms with Gasteiger partial charge in [0, 0.05) is 17.3 Å². The van der Waals surface area contributed by atoms with Gasteiger partial charge in [-0.2, -0.15) is 0 Å². The standard InChI is InChI=1S/C27H32N4O2S/c1-30(2)14-4-6-20-16-21-17-22(29-26(28)25-7-5-15-34-25)10-13-24(21)31(27(20)32)18-19-8-11-23(33-3)12-9-19/h5,7-13,15,17,20H,4,6,14,16,18H2,1-3H3,(H2,28,29). The molecule has 3 aromatic rings. The van der Waals surface area contributed by atoms with E-state index in [0.29, 0.717) is 12.4 Å². The summed E-state index contributed by atoms with van der Waals surface area (Å²) < 4.78 is 5.28. The first-order valence-electron chi connectivity index (χ1n) is 11.6. The van der Waals surface area contributed by atoms with E-state index in [9.17, 15) is 4.79 Å². The third-order valence-electron chi connectivity index (χ3n) is 6.15. The number of ether oxygens (including phenoxy) is 1. The Morgan fingerprint density at radius 2 is 2.00 bits per heavy atom. The summed E-state index contributed by atoms with van der Waals surface area (Å²) in [6.07, 6.45) is 2.57. The van der Waals surface area contributed by atoms with Gasteiger partial charge in [-0.3, -0.25) is 10.2 Å². The maximum atomic E-state index is 13.5. The molecule has 0 saturated carbocycles. The molecule has 1 aromatic heterocycles. The van der Waals surface area contributed by atoms with Gasteiger partial charge in [0.15, 0.2) is 0 Å². The average molecular weight is 477 g/mol. The Balaban J connectivity index is 1.59. The second kappa shape index (κ2) is 10.8. The highest BCUT2D eigenvalue weighted by molar-refractivity contribution is 7.12. The lowest BCUT2D eigenvalue weighted by atomic mass is 9.87. The molecular formula is C27H32N4O2S. The number of fused-ring (bicyclic) bond motifs is 1. The van der Waals surface area contributed by atoms with E-state index in [1.165, 1.54) is 0 Å². The number of anilines is 2. The zero-order valence-electron chi connectivity index (χ0n) is 20.0. The summed E-state index contributed by atoms with van der Waals surface area (Å²) >= 11 is 1.54. The number of amides is 1. The lowest BCUT2D eigenvalue weighted by Crippen LogP contribution is -2.41. The number of rotatable bonds is 9. The van der Waals surface area contributed by atoms with Crippen molar-refractivity contribution < 1.29 is 9.53 Å². The van der Waals surface area contributed by atoms with Crippen molar-refractivity contribution in [2.24, 2.45) is 5.92 Å². The van der Waals surface area contributed by atoms with Crippen molar-refractivity contribution in [2.75, 3.05) is 38.0 Å². The molecule has 0 radical (unpaired) electrons. The number of carbonyl (C=O) groups is 1. The molecule has 1 amide bonds. The zero-order valence-corrected chi connectivity index (χ0v) is 20.8. The van der Waals surface area contributed by atoms with Gasteiger partial charge >= 0.3 is 0 Å². The summed E-state index contributed by atoms with van der Waals surface area (Å²) in [5, 5.41) is 13.6. The molecule has 6 nitrogen and oxygen atoms in total. The lowest BCUT2D eigenvalue weighted by Gasteiger charge is -2.35. The van der Waals surface area contributed by atoms with Crippen LogP contribution in [-0.2, 0) is 17.8 Å². The van der Waals surface area contributed by atoms with Crippen LogP contribution >= 0.6 is 11.3 Å². The minimum Gasteiger partial charge on any atom is -0.497 e. The van der Waals surface area contributed by atoms with Crippen LogP contribution < -0.4 is 15.0 Å². The maximum absolute atomic E-state index is 13.5. The Hall–Kier alpha value is -3.16. The molecule has 7 heteroatoms.